The maximum absolute atomic E-state index is 12.6. The predicted octanol–water partition coefficient (Wildman–Crippen LogP) is 3.15. The molecule has 0 spiro atoms. The van der Waals surface area contributed by atoms with Crippen molar-refractivity contribution in [2.24, 2.45) is 0 Å². The number of anilines is 2. The number of halogens is 1. The third-order valence-corrected chi connectivity index (χ3v) is 6.67. The molecule has 0 saturated heterocycles. The first-order valence-electron chi connectivity index (χ1n) is 8.88. The highest BCUT2D eigenvalue weighted by Crippen LogP contribution is 2.32. The molecule has 2 aromatic carbocycles. The van der Waals surface area contributed by atoms with E-state index in [0.717, 1.165) is 32.1 Å². The van der Waals surface area contributed by atoms with Gasteiger partial charge in [-0.2, -0.15) is 0 Å². The number of hydrogen-bond acceptors (Lipinski definition) is 6. The van der Waals surface area contributed by atoms with Crippen LogP contribution in [0.5, 0.6) is 5.75 Å². The molecular formula is C19H20ClN3O5S2. The molecule has 1 amide bonds. The van der Waals surface area contributed by atoms with Crippen LogP contribution in [-0.4, -0.2) is 38.8 Å². The van der Waals surface area contributed by atoms with Crippen molar-refractivity contribution in [1.82, 2.24) is 4.57 Å². The first-order valence-corrected chi connectivity index (χ1v) is 11.9. The minimum atomic E-state index is -3.80. The third-order valence-electron chi connectivity index (χ3n) is 4.37. The normalized spacial score (nSPS) is 11.5. The maximum Gasteiger partial charge on any atom is 0.308 e. The van der Waals surface area contributed by atoms with Crippen molar-refractivity contribution < 1.29 is 17.9 Å². The number of fused-ring (bicyclic) bond motifs is 1. The summed E-state index contributed by atoms with van der Waals surface area (Å²) in [4.78, 5) is 24.6. The van der Waals surface area contributed by atoms with E-state index in [1.807, 2.05) is 6.92 Å². The minimum absolute atomic E-state index is 0.0766. The Morgan fingerprint density at radius 1 is 1.27 bits per heavy atom. The predicted molar refractivity (Wildman–Crippen MR) is 121 cm³/mol. The quantitative estimate of drug-likeness (QED) is 0.573. The second-order valence-corrected chi connectivity index (χ2v) is 9.77. The number of ether oxygens (including phenoxy) is 1. The number of thiazole rings is 1. The molecule has 3 rings (SSSR count). The zero-order valence-electron chi connectivity index (χ0n) is 16.5. The summed E-state index contributed by atoms with van der Waals surface area (Å²) in [6.07, 6.45) is 0.998. The van der Waals surface area contributed by atoms with E-state index >= 15 is 0 Å². The average molecular weight is 470 g/mol. The number of benzene rings is 2. The molecule has 0 radical (unpaired) electrons. The lowest BCUT2D eigenvalue weighted by Gasteiger charge is -2.24. The minimum Gasteiger partial charge on any atom is -0.495 e. The van der Waals surface area contributed by atoms with Crippen LogP contribution in [0.4, 0.5) is 11.4 Å². The van der Waals surface area contributed by atoms with Gasteiger partial charge in [-0.3, -0.25) is 18.5 Å². The Hall–Kier alpha value is -2.56. The molecule has 1 N–H and O–H groups in total. The number of carbonyl (C=O) groups is 1. The Labute approximate surface area is 182 Å². The van der Waals surface area contributed by atoms with E-state index in [1.165, 1.54) is 19.2 Å². The standard InChI is InChI=1S/C19H20ClN3O5S2/c1-4-22-14-7-6-13(10-17(14)29-19(22)25)21-18(24)11-23(30(3,26)27)15-9-12(20)5-8-16(15)28-2/h5-10H,4,11H2,1-3H3,(H,21,24). The molecule has 0 saturated carbocycles. The van der Waals surface area contributed by atoms with Crippen LogP contribution < -0.4 is 19.2 Å². The van der Waals surface area contributed by atoms with E-state index in [1.54, 1.807) is 28.8 Å². The second kappa shape index (κ2) is 8.66. The molecule has 0 bridgehead atoms. The molecular weight excluding hydrogens is 450 g/mol. The van der Waals surface area contributed by atoms with Gasteiger partial charge in [0.25, 0.3) is 0 Å². The SMILES string of the molecule is CCn1c(=O)sc2cc(NC(=O)CN(c3cc(Cl)ccc3OC)S(C)(=O)=O)ccc21. The van der Waals surface area contributed by atoms with E-state index in [-0.39, 0.29) is 16.3 Å². The summed E-state index contributed by atoms with van der Waals surface area (Å²) >= 11 is 7.10. The molecule has 8 nitrogen and oxygen atoms in total. The molecule has 0 fully saturated rings. The highest BCUT2D eigenvalue weighted by molar-refractivity contribution is 7.92. The van der Waals surface area contributed by atoms with E-state index in [2.05, 4.69) is 5.32 Å². The number of carbonyl (C=O) groups excluding carboxylic acids is 1. The summed E-state index contributed by atoms with van der Waals surface area (Å²) < 4.78 is 33.2. The number of sulfonamides is 1. The Morgan fingerprint density at radius 2 is 2.00 bits per heavy atom. The van der Waals surface area contributed by atoms with Gasteiger partial charge in [-0.15, -0.1) is 0 Å². The Balaban J connectivity index is 1.88. The highest BCUT2D eigenvalue weighted by Gasteiger charge is 2.24. The van der Waals surface area contributed by atoms with Gasteiger partial charge in [0.15, 0.2) is 0 Å². The van der Waals surface area contributed by atoms with Gasteiger partial charge < -0.3 is 10.1 Å². The zero-order valence-corrected chi connectivity index (χ0v) is 18.9. The number of amides is 1. The van der Waals surface area contributed by atoms with Crippen molar-refractivity contribution in [3.63, 3.8) is 0 Å². The van der Waals surface area contributed by atoms with Crippen LogP contribution >= 0.6 is 22.9 Å². The molecule has 3 aromatic rings. The number of aromatic nitrogens is 1. The first-order chi connectivity index (χ1) is 14.1. The lowest BCUT2D eigenvalue weighted by molar-refractivity contribution is -0.114. The van der Waals surface area contributed by atoms with Crippen LogP contribution in [0.2, 0.25) is 5.02 Å². The maximum atomic E-state index is 12.6. The monoisotopic (exact) mass is 469 g/mol. The van der Waals surface area contributed by atoms with Gasteiger partial charge in [-0.25, -0.2) is 8.42 Å². The third kappa shape index (κ3) is 4.61. The largest absolute Gasteiger partial charge is 0.495 e. The molecule has 11 heteroatoms. The molecule has 160 valence electrons. The van der Waals surface area contributed by atoms with Crippen LogP contribution in [0, 0.1) is 0 Å². The summed E-state index contributed by atoms with van der Waals surface area (Å²) in [5.41, 5.74) is 1.41. The fourth-order valence-corrected chi connectivity index (χ4v) is 5.03. The van der Waals surface area contributed by atoms with Crippen LogP contribution in [0.25, 0.3) is 10.2 Å². The average Bonchev–Trinajstić information content (AvgIpc) is 2.99. The van der Waals surface area contributed by atoms with E-state index < -0.39 is 22.5 Å². The second-order valence-electron chi connectivity index (χ2n) is 6.43. The smallest absolute Gasteiger partial charge is 0.308 e. The van der Waals surface area contributed by atoms with Crippen molar-refractivity contribution in [2.45, 2.75) is 13.5 Å². The summed E-state index contributed by atoms with van der Waals surface area (Å²) in [5, 5.41) is 2.99. The summed E-state index contributed by atoms with van der Waals surface area (Å²) in [7, 11) is -2.40. The van der Waals surface area contributed by atoms with Crippen LogP contribution in [-0.2, 0) is 21.4 Å². The van der Waals surface area contributed by atoms with Crippen molar-refractivity contribution in [3.05, 3.63) is 51.1 Å². The van der Waals surface area contributed by atoms with Gasteiger partial charge in [0, 0.05) is 17.3 Å². The number of methoxy groups -OCH3 is 1. The molecule has 1 heterocycles. The molecule has 0 aliphatic heterocycles. The fourth-order valence-electron chi connectivity index (χ4n) is 3.01. The number of rotatable bonds is 7. The van der Waals surface area contributed by atoms with Crippen molar-refractivity contribution in [3.8, 4) is 5.75 Å². The van der Waals surface area contributed by atoms with Crippen LogP contribution in [0.15, 0.2) is 41.2 Å². The van der Waals surface area contributed by atoms with Crippen molar-refractivity contribution >= 4 is 60.5 Å². The van der Waals surface area contributed by atoms with Crippen LogP contribution in [0.1, 0.15) is 6.92 Å². The lowest BCUT2D eigenvalue weighted by atomic mass is 10.2. The number of nitrogens with one attached hydrogen (secondary N) is 1. The number of nitrogens with zero attached hydrogens (tertiary/aromatic N) is 2. The van der Waals surface area contributed by atoms with Crippen LogP contribution in [0.3, 0.4) is 0 Å². The van der Waals surface area contributed by atoms with Gasteiger partial charge in [-0.1, -0.05) is 22.9 Å². The van der Waals surface area contributed by atoms with Gasteiger partial charge in [0.05, 0.1) is 29.3 Å². The number of hydrogen-bond donors (Lipinski definition) is 1. The summed E-state index contributed by atoms with van der Waals surface area (Å²) in [6.45, 7) is 1.96. The molecule has 1 aromatic heterocycles. The van der Waals surface area contributed by atoms with Crippen molar-refractivity contribution in [1.29, 1.82) is 0 Å². The number of aryl methyl sites for hydroxylation is 1. The Bertz CT molecular complexity index is 1270. The zero-order chi connectivity index (χ0) is 22.1. The van der Waals surface area contributed by atoms with Gasteiger partial charge in [-0.05, 0) is 43.3 Å². The molecule has 0 unspecified atom stereocenters. The van der Waals surface area contributed by atoms with E-state index in [0.29, 0.717) is 17.3 Å². The Kier molecular flexibility index (Phi) is 6.39. The van der Waals surface area contributed by atoms with Crippen molar-refractivity contribution in [2.75, 3.05) is 29.5 Å². The molecule has 0 aliphatic rings. The van der Waals surface area contributed by atoms with E-state index in [4.69, 9.17) is 16.3 Å². The molecule has 0 aliphatic carbocycles. The Morgan fingerprint density at radius 3 is 2.63 bits per heavy atom. The molecule has 30 heavy (non-hydrogen) atoms. The first kappa shape index (κ1) is 22.1. The summed E-state index contributed by atoms with van der Waals surface area (Å²) in [6, 6.07) is 9.63. The lowest BCUT2D eigenvalue weighted by Crippen LogP contribution is -2.37. The fraction of sp³-hybridized carbons (Fsp3) is 0.263. The van der Waals surface area contributed by atoms with Gasteiger partial charge in [0.2, 0.25) is 15.9 Å². The van der Waals surface area contributed by atoms with Gasteiger partial charge >= 0.3 is 4.87 Å². The highest BCUT2D eigenvalue weighted by atomic mass is 35.5. The molecule has 0 atom stereocenters. The van der Waals surface area contributed by atoms with E-state index in [9.17, 15) is 18.0 Å². The summed E-state index contributed by atoms with van der Waals surface area (Å²) in [5.74, 6) is -0.284. The van der Waals surface area contributed by atoms with Gasteiger partial charge in [0.1, 0.15) is 12.3 Å². The topological polar surface area (TPSA) is 97.7 Å².